The van der Waals surface area contributed by atoms with Crippen molar-refractivity contribution in [3.05, 3.63) is 35.4 Å². The summed E-state index contributed by atoms with van der Waals surface area (Å²) in [5.41, 5.74) is 2.03. The Labute approximate surface area is 138 Å². The number of nitrogens with zero attached hydrogens (tertiary/aromatic N) is 2. The molecule has 1 aromatic carbocycles. The van der Waals surface area contributed by atoms with E-state index < -0.39 is 5.60 Å². The summed E-state index contributed by atoms with van der Waals surface area (Å²) in [6.45, 7) is 11.0. The van der Waals surface area contributed by atoms with Gasteiger partial charge in [0.1, 0.15) is 5.60 Å². The number of rotatable bonds is 5. The zero-order chi connectivity index (χ0) is 16.9. The van der Waals surface area contributed by atoms with Crippen molar-refractivity contribution in [3.63, 3.8) is 0 Å². The van der Waals surface area contributed by atoms with Gasteiger partial charge in [0, 0.05) is 19.6 Å². The van der Waals surface area contributed by atoms with Crippen LogP contribution in [0.2, 0.25) is 0 Å². The first-order valence-electron chi connectivity index (χ1n) is 8.14. The second kappa shape index (κ2) is 7.49. The molecule has 1 N–H and O–H groups in total. The van der Waals surface area contributed by atoms with E-state index in [2.05, 4.69) is 46.4 Å². The summed E-state index contributed by atoms with van der Waals surface area (Å²) < 4.78 is 5.21. The molecule has 126 valence electrons. The fraction of sp³-hybridized carbons (Fsp3) is 0.556. The van der Waals surface area contributed by atoms with Gasteiger partial charge in [-0.05, 0) is 45.2 Å². The van der Waals surface area contributed by atoms with Crippen molar-refractivity contribution in [2.75, 3.05) is 19.6 Å². The first kappa shape index (κ1) is 17.3. The SMILES string of the molecule is CC1=NCCN1Cc1ccc(CCNC(=O)OC(C)(C)C)cc1. The van der Waals surface area contributed by atoms with Crippen molar-refractivity contribution in [2.45, 2.75) is 46.3 Å². The maximum Gasteiger partial charge on any atom is 0.407 e. The quantitative estimate of drug-likeness (QED) is 0.908. The number of hydrogen-bond acceptors (Lipinski definition) is 4. The topological polar surface area (TPSA) is 53.9 Å². The van der Waals surface area contributed by atoms with Crippen LogP contribution in [0.1, 0.15) is 38.8 Å². The van der Waals surface area contributed by atoms with E-state index in [1.54, 1.807) is 0 Å². The fourth-order valence-corrected chi connectivity index (χ4v) is 2.44. The summed E-state index contributed by atoms with van der Waals surface area (Å²) >= 11 is 0. The van der Waals surface area contributed by atoms with Gasteiger partial charge in [-0.3, -0.25) is 4.99 Å². The molecule has 0 aromatic heterocycles. The summed E-state index contributed by atoms with van der Waals surface area (Å²) in [4.78, 5) is 18.3. The number of hydrogen-bond donors (Lipinski definition) is 1. The molecule has 0 atom stereocenters. The van der Waals surface area contributed by atoms with Crippen LogP contribution in [0.25, 0.3) is 0 Å². The van der Waals surface area contributed by atoms with Crippen LogP contribution in [-0.2, 0) is 17.7 Å². The predicted molar refractivity (Wildman–Crippen MR) is 92.8 cm³/mol. The number of ether oxygens (including phenoxy) is 1. The van der Waals surface area contributed by atoms with Gasteiger partial charge in [0.05, 0.1) is 12.4 Å². The van der Waals surface area contributed by atoms with Crippen molar-refractivity contribution in [1.82, 2.24) is 10.2 Å². The van der Waals surface area contributed by atoms with Gasteiger partial charge in [-0.1, -0.05) is 24.3 Å². The van der Waals surface area contributed by atoms with Gasteiger partial charge in [-0.2, -0.15) is 0 Å². The molecule has 0 aliphatic carbocycles. The number of amides is 1. The lowest BCUT2D eigenvalue weighted by atomic mass is 10.1. The number of nitrogens with one attached hydrogen (secondary N) is 1. The standard InChI is InChI=1S/C18H27N3O2/c1-14-19-11-12-21(14)13-16-7-5-15(6-8-16)9-10-20-17(22)23-18(2,3)4/h5-8H,9-13H2,1-4H3,(H,20,22). The van der Waals surface area contributed by atoms with Crippen molar-refractivity contribution in [3.8, 4) is 0 Å². The van der Waals surface area contributed by atoms with Crippen LogP contribution in [-0.4, -0.2) is 42.1 Å². The minimum Gasteiger partial charge on any atom is -0.444 e. The number of alkyl carbamates (subject to hydrolysis) is 1. The lowest BCUT2D eigenvalue weighted by Gasteiger charge is -2.19. The van der Waals surface area contributed by atoms with Crippen LogP contribution >= 0.6 is 0 Å². The van der Waals surface area contributed by atoms with Gasteiger partial charge in [-0.15, -0.1) is 0 Å². The molecule has 1 aliphatic heterocycles. The molecule has 1 amide bonds. The highest BCUT2D eigenvalue weighted by molar-refractivity contribution is 5.81. The van der Waals surface area contributed by atoms with E-state index in [1.165, 1.54) is 11.1 Å². The van der Waals surface area contributed by atoms with E-state index in [9.17, 15) is 4.79 Å². The highest BCUT2D eigenvalue weighted by atomic mass is 16.6. The molecule has 0 spiro atoms. The Bertz CT molecular complexity index is 559. The van der Waals surface area contributed by atoms with Gasteiger partial charge in [0.25, 0.3) is 0 Å². The molecular weight excluding hydrogens is 290 g/mol. The molecule has 1 heterocycles. The molecule has 0 unspecified atom stereocenters. The summed E-state index contributed by atoms with van der Waals surface area (Å²) in [7, 11) is 0. The summed E-state index contributed by atoms with van der Waals surface area (Å²) in [6, 6.07) is 8.53. The molecule has 5 nitrogen and oxygen atoms in total. The van der Waals surface area contributed by atoms with Gasteiger partial charge in [-0.25, -0.2) is 4.79 Å². The van der Waals surface area contributed by atoms with Gasteiger partial charge in [0.15, 0.2) is 0 Å². The number of amidine groups is 1. The normalized spacial score (nSPS) is 14.6. The zero-order valence-corrected chi connectivity index (χ0v) is 14.6. The van der Waals surface area contributed by atoms with Crippen LogP contribution in [0.4, 0.5) is 4.79 Å². The Morgan fingerprint density at radius 1 is 1.26 bits per heavy atom. The van der Waals surface area contributed by atoms with E-state index in [-0.39, 0.29) is 6.09 Å². The summed E-state index contributed by atoms with van der Waals surface area (Å²) in [5, 5.41) is 2.78. The number of carbonyl (C=O) groups is 1. The van der Waals surface area contributed by atoms with E-state index in [4.69, 9.17) is 4.74 Å². The lowest BCUT2D eigenvalue weighted by molar-refractivity contribution is 0.0528. The molecule has 5 heteroatoms. The van der Waals surface area contributed by atoms with E-state index in [1.807, 2.05) is 20.8 Å². The Kier molecular flexibility index (Phi) is 5.64. The van der Waals surface area contributed by atoms with Crippen molar-refractivity contribution >= 4 is 11.9 Å². The van der Waals surface area contributed by atoms with Crippen molar-refractivity contribution < 1.29 is 9.53 Å². The second-order valence-corrected chi connectivity index (χ2v) is 6.85. The molecule has 2 rings (SSSR count). The van der Waals surface area contributed by atoms with E-state index >= 15 is 0 Å². The van der Waals surface area contributed by atoms with E-state index in [0.717, 1.165) is 31.9 Å². The fourth-order valence-electron chi connectivity index (χ4n) is 2.44. The highest BCUT2D eigenvalue weighted by Crippen LogP contribution is 2.11. The molecule has 0 fully saturated rings. The van der Waals surface area contributed by atoms with Crippen LogP contribution < -0.4 is 5.32 Å². The third-order valence-corrected chi connectivity index (χ3v) is 3.65. The van der Waals surface area contributed by atoms with Crippen LogP contribution in [0.3, 0.4) is 0 Å². The maximum atomic E-state index is 11.6. The van der Waals surface area contributed by atoms with Crippen LogP contribution in [0.5, 0.6) is 0 Å². The van der Waals surface area contributed by atoms with Gasteiger partial charge in [0.2, 0.25) is 0 Å². The van der Waals surface area contributed by atoms with Crippen molar-refractivity contribution in [2.24, 2.45) is 4.99 Å². The maximum absolute atomic E-state index is 11.6. The molecule has 1 aromatic rings. The average molecular weight is 317 g/mol. The minimum atomic E-state index is -0.456. The first-order valence-corrected chi connectivity index (χ1v) is 8.14. The third-order valence-electron chi connectivity index (χ3n) is 3.65. The molecule has 0 saturated heterocycles. The Balaban J connectivity index is 1.75. The van der Waals surface area contributed by atoms with Gasteiger partial charge < -0.3 is 15.0 Å². The van der Waals surface area contributed by atoms with E-state index in [0.29, 0.717) is 6.54 Å². The number of aliphatic imine (C=N–C) groups is 1. The largest absolute Gasteiger partial charge is 0.444 e. The molecule has 0 saturated carbocycles. The smallest absolute Gasteiger partial charge is 0.407 e. The Hall–Kier alpha value is -2.04. The second-order valence-electron chi connectivity index (χ2n) is 6.85. The lowest BCUT2D eigenvalue weighted by Crippen LogP contribution is -2.33. The predicted octanol–water partition coefficient (Wildman–Crippen LogP) is 2.99. The molecular formula is C18H27N3O2. The number of carbonyl (C=O) groups excluding carboxylic acids is 1. The molecule has 23 heavy (non-hydrogen) atoms. The monoisotopic (exact) mass is 317 g/mol. The minimum absolute atomic E-state index is 0.363. The van der Waals surface area contributed by atoms with Crippen molar-refractivity contribution in [1.29, 1.82) is 0 Å². The van der Waals surface area contributed by atoms with Crippen LogP contribution in [0.15, 0.2) is 29.3 Å². The molecule has 0 radical (unpaired) electrons. The third kappa shape index (κ3) is 5.93. The Morgan fingerprint density at radius 3 is 2.48 bits per heavy atom. The molecule has 0 bridgehead atoms. The first-order chi connectivity index (χ1) is 10.8. The number of benzene rings is 1. The zero-order valence-electron chi connectivity index (χ0n) is 14.6. The summed E-state index contributed by atoms with van der Waals surface area (Å²) in [6.07, 6.45) is 0.432. The Morgan fingerprint density at radius 2 is 1.91 bits per heavy atom. The average Bonchev–Trinajstić information content (AvgIpc) is 2.84. The highest BCUT2D eigenvalue weighted by Gasteiger charge is 2.15. The summed E-state index contributed by atoms with van der Waals surface area (Å²) in [5.74, 6) is 1.12. The molecule has 1 aliphatic rings. The van der Waals surface area contributed by atoms with Gasteiger partial charge >= 0.3 is 6.09 Å². The van der Waals surface area contributed by atoms with Crippen LogP contribution in [0, 0.1) is 0 Å².